The van der Waals surface area contributed by atoms with Crippen molar-refractivity contribution in [1.82, 2.24) is 10.2 Å². The van der Waals surface area contributed by atoms with Gasteiger partial charge in [0.2, 0.25) is 5.91 Å². The first-order valence-electron chi connectivity index (χ1n) is 9.63. The summed E-state index contributed by atoms with van der Waals surface area (Å²) < 4.78 is 0. The smallest absolute Gasteiger partial charge is 0.225 e. The van der Waals surface area contributed by atoms with E-state index in [1.54, 1.807) is 0 Å². The van der Waals surface area contributed by atoms with Gasteiger partial charge >= 0.3 is 0 Å². The summed E-state index contributed by atoms with van der Waals surface area (Å²) in [6.07, 6.45) is 6.77. The monoisotopic (exact) mass is 322 g/mol. The molecule has 1 saturated carbocycles. The maximum atomic E-state index is 12.8. The lowest BCUT2D eigenvalue weighted by atomic mass is 9.75. The van der Waals surface area contributed by atoms with Gasteiger partial charge in [0.1, 0.15) is 0 Å². The summed E-state index contributed by atoms with van der Waals surface area (Å²) in [6.45, 7) is 15.6. The van der Waals surface area contributed by atoms with Gasteiger partial charge in [0, 0.05) is 30.6 Å². The highest BCUT2D eigenvalue weighted by Gasteiger charge is 2.34. The Morgan fingerprint density at radius 1 is 0.870 bits per heavy atom. The molecule has 0 aromatic heterocycles. The number of hydrogen-bond donors (Lipinski definition) is 1. The Labute approximate surface area is 143 Å². The van der Waals surface area contributed by atoms with Crippen molar-refractivity contribution >= 4 is 5.91 Å². The number of hydrogen-bond acceptors (Lipinski definition) is 2. The first kappa shape index (κ1) is 18.8. The van der Waals surface area contributed by atoms with Crippen molar-refractivity contribution in [2.45, 2.75) is 91.6 Å². The summed E-state index contributed by atoms with van der Waals surface area (Å²) in [7, 11) is 0. The fraction of sp³-hybridized carbons (Fsp3) is 0.950. The zero-order valence-corrected chi connectivity index (χ0v) is 16.2. The molecule has 3 heteroatoms. The Morgan fingerprint density at radius 2 is 1.39 bits per heavy atom. The van der Waals surface area contributed by atoms with Gasteiger partial charge in [-0.05, 0) is 70.6 Å². The van der Waals surface area contributed by atoms with Crippen LogP contribution >= 0.6 is 0 Å². The minimum atomic E-state index is 0.177. The number of nitrogens with one attached hydrogen (secondary N) is 1. The highest BCUT2D eigenvalue weighted by atomic mass is 16.2. The van der Waals surface area contributed by atoms with E-state index >= 15 is 0 Å². The molecule has 134 valence electrons. The molecule has 2 aliphatic rings. The van der Waals surface area contributed by atoms with Gasteiger partial charge in [-0.2, -0.15) is 0 Å². The van der Waals surface area contributed by atoms with Crippen molar-refractivity contribution in [2.75, 3.05) is 13.1 Å². The van der Waals surface area contributed by atoms with Crippen LogP contribution in [0.2, 0.25) is 0 Å². The van der Waals surface area contributed by atoms with Crippen LogP contribution < -0.4 is 5.32 Å². The second-order valence-corrected chi connectivity index (χ2v) is 9.91. The van der Waals surface area contributed by atoms with E-state index in [1.165, 1.54) is 12.8 Å². The molecule has 3 nitrogen and oxygen atoms in total. The van der Waals surface area contributed by atoms with Gasteiger partial charge in [0.15, 0.2) is 0 Å². The van der Waals surface area contributed by atoms with Gasteiger partial charge in [-0.25, -0.2) is 0 Å². The lowest BCUT2D eigenvalue weighted by Gasteiger charge is -2.41. The average molecular weight is 323 g/mol. The molecular formula is C20H38N2O. The molecule has 0 bridgehead atoms. The van der Waals surface area contributed by atoms with Crippen LogP contribution in [0.1, 0.15) is 80.1 Å². The molecule has 2 rings (SSSR count). The Hall–Kier alpha value is -0.570. The molecule has 2 fully saturated rings. The fourth-order valence-electron chi connectivity index (χ4n) is 4.32. The minimum Gasteiger partial charge on any atom is -0.342 e. The standard InChI is InChI=1S/C20H38N2O/c1-19(2,3)16-11-13-22(14-12-16)18(23)15-7-9-17(10-8-15)21-20(4,5)6/h15-17,21H,7-14H2,1-6H3. The first-order valence-corrected chi connectivity index (χ1v) is 9.63. The average Bonchev–Trinajstić information content (AvgIpc) is 2.45. The summed E-state index contributed by atoms with van der Waals surface area (Å²) in [5, 5.41) is 3.69. The van der Waals surface area contributed by atoms with Crippen LogP contribution in [0.15, 0.2) is 0 Å². The first-order chi connectivity index (χ1) is 10.6. The molecule has 1 amide bonds. The van der Waals surface area contributed by atoms with Gasteiger partial charge in [0.25, 0.3) is 0 Å². The highest BCUT2D eigenvalue weighted by molar-refractivity contribution is 5.79. The Bertz CT molecular complexity index is 389. The van der Waals surface area contributed by atoms with Crippen molar-refractivity contribution in [1.29, 1.82) is 0 Å². The molecule has 1 saturated heterocycles. The van der Waals surface area contributed by atoms with Crippen molar-refractivity contribution in [3.63, 3.8) is 0 Å². The van der Waals surface area contributed by atoms with Crippen LogP contribution in [-0.2, 0) is 4.79 Å². The third kappa shape index (κ3) is 5.48. The zero-order valence-electron chi connectivity index (χ0n) is 16.2. The van der Waals surface area contributed by atoms with Gasteiger partial charge in [0.05, 0.1) is 0 Å². The van der Waals surface area contributed by atoms with E-state index in [0.29, 0.717) is 17.4 Å². The van der Waals surface area contributed by atoms with Crippen LogP contribution in [0.25, 0.3) is 0 Å². The van der Waals surface area contributed by atoms with E-state index < -0.39 is 0 Å². The molecule has 1 N–H and O–H groups in total. The zero-order chi connectivity index (χ0) is 17.3. The molecule has 1 heterocycles. The van der Waals surface area contributed by atoms with Crippen molar-refractivity contribution < 1.29 is 4.79 Å². The van der Waals surface area contributed by atoms with Crippen LogP contribution in [-0.4, -0.2) is 35.5 Å². The molecule has 1 aliphatic heterocycles. The maximum absolute atomic E-state index is 12.8. The largest absolute Gasteiger partial charge is 0.342 e. The minimum absolute atomic E-state index is 0.177. The summed E-state index contributed by atoms with van der Waals surface area (Å²) >= 11 is 0. The maximum Gasteiger partial charge on any atom is 0.225 e. The molecular weight excluding hydrogens is 284 g/mol. The lowest BCUT2D eigenvalue weighted by molar-refractivity contribution is -0.138. The van der Waals surface area contributed by atoms with E-state index in [-0.39, 0.29) is 11.5 Å². The van der Waals surface area contributed by atoms with Crippen molar-refractivity contribution in [2.24, 2.45) is 17.3 Å². The number of rotatable bonds is 2. The van der Waals surface area contributed by atoms with Crippen molar-refractivity contribution in [3.8, 4) is 0 Å². The Kier molecular flexibility index (Phi) is 5.81. The molecule has 0 radical (unpaired) electrons. The second kappa shape index (κ2) is 7.13. The molecule has 23 heavy (non-hydrogen) atoms. The normalized spacial score (nSPS) is 28.0. The van der Waals surface area contributed by atoms with Crippen LogP contribution in [0.3, 0.4) is 0 Å². The van der Waals surface area contributed by atoms with Crippen LogP contribution in [0.4, 0.5) is 0 Å². The molecule has 0 spiro atoms. The molecule has 0 aromatic rings. The quantitative estimate of drug-likeness (QED) is 0.825. The predicted molar refractivity (Wildman–Crippen MR) is 97.4 cm³/mol. The number of amides is 1. The summed E-state index contributed by atoms with van der Waals surface area (Å²) in [5.74, 6) is 1.48. The molecule has 0 atom stereocenters. The summed E-state index contributed by atoms with van der Waals surface area (Å²) in [6, 6.07) is 0.589. The van der Waals surface area contributed by atoms with E-state index in [4.69, 9.17) is 0 Å². The Morgan fingerprint density at radius 3 is 1.83 bits per heavy atom. The van der Waals surface area contributed by atoms with Gasteiger partial charge in [-0.3, -0.25) is 4.79 Å². The third-order valence-corrected chi connectivity index (χ3v) is 5.74. The number of carbonyl (C=O) groups is 1. The van der Waals surface area contributed by atoms with E-state index in [1.807, 2.05) is 0 Å². The molecule has 1 aliphatic carbocycles. The lowest BCUT2D eigenvalue weighted by Crippen LogP contribution is -2.48. The topological polar surface area (TPSA) is 32.3 Å². The Balaban J connectivity index is 1.78. The molecule has 0 aromatic carbocycles. The van der Waals surface area contributed by atoms with Crippen molar-refractivity contribution in [3.05, 3.63) is 0 Å². The number of carbonyl (C=O) groups excluding carboxylic acids is 1. The van der Waals surface area contributed by atoms with E-state index in [9.17, 15) is 4.79 Å². The summed E-state index contributed by atoms with van der Waals surface area (Å²) in [4.78, 5) is 15.0. The number of piperidine rings is 1. The predicted octanol–water partition coefficient (Wildman–Crippen LogP) is 4.22. The highest BCUT2D eigenvalue weighted by Crippen LogP contribution is 2.35. The fourth-order valence-corrected chi connectivity index (χ4v) is 4.32. The van der Waals surface area contributed by atoms with Crippen LogP contribution in [0.5, 0.6) is 0 Å². The van der Waals surface area contributed by atoms with Gasteiger partial charge in [-0.1, -0.05) is 20.8 Å². The summed E-state index contributed by atoms with van der Waals surface area (Å²) in [5.41, 5.74) is 0.558. The second-order valence-electron chi connectivity index (χ2n) is 9.91. The number of nitrogens with zero attached hydrogens (tertiary/aromatic N) is 1. The van der Waals surface area contributed by atoms with E-state index in [2.05, 4.69) is 51.8 Å². The van der Waals surface area contributed by atoms with E-state index in [0.717, 1.165) is 44.7 Å². The SMILES string of the molecule is CC(C)(C)NC1CCC(C(=O)N2CCC(C(C)(C)C)CC2)CC1. The third-order valence-electron chi connectivity index (χ3n) is 5.74. The van der Waals surface area contributed by atoms with Gasteiger partial charge < -0.3 is 10.2 Å². The molecule has 0 unspecified atom stereocenters. The van der Waals surface area contributed by atoms with Gasteiger partial charge in [-0.15, -0.1) is 0 Å². The number of likely N-dealkylation sites (tertiary alicyclic amines) is 1. The van der Waals surface area contributed by atoms with Crippen LogP contribution in [0, 0.1) is 17.3 Å².